The largest absolute Gasteiger partial charge is 0.378 e. The van der Waals surface area contributed by atoms with Crippen molar-refractivity contribution in [3.63, 3.8) is 0 Å². The van der Waals surface area contributed by atoms with Gasteiger partial charge in [-0.1, -0.05) is 24.3 Å². The predicted molar refractivity (Wildman–Crippen MR) is 94.2 cm³/mol. The Morgan fingerprint density at radius 2 is 1.27 bits per heavy atom. The molecule has 0 spiro atoms. The molecule has 1 aromatic heterocycles. The van der Waals surface area contributed by atoms with Crippen LogP contribution in [0.5, 0.6) is 0 Å². The van der Waals surface area contributed by atoms with Gasteiger partial charge in [-0.3, -0.25) is 0 Å². The molecule has 0 aliphatic heterocycles. The number of anilines is 1. The van der Waals surface area contributed by atoms with Gasteiger partial charge in [-0.2, -0.15) is 5.26 Å². The lowest BCUT2D eigenvalue weighted by Crippen LogP contribution is -2.07. The van der Waals surface area contributed by atoms with E-state index < -0.39 is 0 Å². The van der Waals surface area contributed by atoms with Crippen LogP contribution in [-0.2, 0) is 0 Å². The maximum atomic E-state index is 8.86. The zero-order valence-electron chi connectivity index (χ0n) is 12.6. The van der Waals surface area contributed by atoms with Gasteiger partial charge in [0, 0.05) is 29.5 Å². The molecule has 3 rings (SSSR count). The molecule has 0 atom stereocenters. The van der Waals surface area contributed by atoms with Crippen LogP contribution < -0.4 is 4.90 Å². The molecule has 2 nitrogen and oxygen atoms in total. The summed E-state index contributed by atoms with van der Waals surface area (Å²) >= 11 is 1.77. The van der Waals surface area contributed by atoms with Gasteiger partial charge < -0.3 is 4.90 Å². The third-order valence-electron chi connectivity index (χ3n) is 3.57. The number of rotatable bonds is 3. The number of nitrogens with zero attached hydrogens (tertiary/aromatic N) is 2. The van der Waals surface area contributed by atoms with E-state index in [9.17, 15) is 0 Å². The average molecular weight is 304 g/mol. The minimum atomic E-state index is 0.694. The molecule has 0 aliphatic carbocycles. The van der Waals surface area contributed by atoms with Crippen molar-refractivity contribution in [3.8, 4) is 27.0 Å². The summed E-state index contributed by atoms with van der Waals surface area (Å²) in [5.74, 6) is 0. The van der Waals surface area contributed by atoms with Crippen LogP contribution in [0.1, 0.15) is 5.56 Å². The second kappa shape index (κ2) is 6.05. The summed E-state index contributed by atoms with van der Waals surface area (Å²) in [6.07, 6.45) is 0. The molecule has 0 N–H and O–H groups in total. The van der Waals surface area contributed by atoms with E-state index in [1.54, 1.807) is 11.3 Å². The van der Waals surface area contributed by atoms with Gasteiger partial charge in [0.2, 0.25) is 0 Å². The van der Waals surface area contributed by atoms with Crippen LogP contribution in [-0.4, -0.2) is 14.1 Å². The first-order valence-electron chi connectivity index (χ1n) is 7.05. The number of benzene rings is 2. The lowest BCUT2D eigenvalue weighted by molar-refractivity contribution is 1.13. The van der Waals surface area contributed by atoms with Gasteiger partial charge >= 0.3 is 0 Å². The van der Waals surface area contributed by atoms with Crippen LogP contribution in [0.4, 0.5) is 5.69 Å². The summed E-state index contributed by atoms with van der Waals surface area (Å²) in [4.78, 5) is 4.57. The Morgan fingerprint density at radius 1 is 0.773 bits per heavy atom. The fourth-order valence-electron chi connectivity index (χ4n) is 2.28. The quantitative estimate of drug-likeness (QED) is 0.679. The van der Waals surface area contributed by atoms with E-state index in [-0.39, 0.29) is 0 Å². The average Bonchev–Trinajstić information content (AvgIpc) is 3.05. The van der Waals surface area contributed by atoms with Gasteiger partial charge in [0.05, 0.1) is 11.6 Å². The third-order valence-corrected chi connectivity index (χ3v) is 4.76. The van der Waals surface area contributed by atoms with Gasteiger partial charge in [-0.25, -0.2) is 0 Å². The lowest BCUT2D eigenvalue weighted by atomic mass is 10.1. The van der Waals surface area contributed by atoms with E-state index in [4.69, 9.17) is 5.26 Å². The van der Waals surface area contributed by atoms with Crippen molar-refractivity contribution in [1.29, 1.82) is 5.26 Å². The molecule has 0 amide bonds. The van der Waals surface area contributed by atoms with Gasteiger partial charge in [0.15, 0.2) is 0 Å². The number of hydrogen-bond acceptors (Lipinski definition) is 3. The topological polar surface area (TPSA) is 27.0 Å². The van der Waals surface area contributed by atoms with Crippen LogP contribution >= 0.6 is 11.3 Å². The Hall–Kier alpha value is -2.57. The summed E-state index contributed by atoms with van der Waals surface area (Å²) in [6, 6.07) is 22.8. The predicted octanol–water partition coefficient (Wildman–Crippen LogP) is 5.02. The highest BCUT2D eigenvalue weighted by Gasteiger charge is 2.05. The fourth-order valence-corrected chi connectivity index (χ4v) is 3.30. The molecule has 1 heterocycles. The van der Waals surface area contributed by atoms with E-state index in [0.717, 1.165) is 5.56 Å². The van der Waals surface area contributed by atoms with Gasteiger partial charge in [0.25, 0.3) is 0 Å². The molecular weight excluding hydrogens is 288 g/mol. The summed E-state index contributed by atoms with van der Waals surface area (Å²) in [5, 5.41) is 8.86. The molecule has 108 valence electrons. The summed E-state index contributed by atoms with van der Waals surface area (Å²) in [5.41, 5.74) is 4.28. The summed E-state index contributed by atoms with van der Waals surface area (Å²) < 4.78 is 0. The Bertz CT molecular complexity index is 806. The number of nitriles is 1. The van der Waals surface area contributed by atoms with Gasteiger partial charge in [-0.05, 0) is 47.5 Å². The van der Waals surface area contributed by atoms with E-state index in [0.29, 0.717) is 5.56 Å². The monoisotopic (exact) mass is 304 g/mol. The first-order valence-corrected chi connectivity index (χ1v) is 7.87. The Labute approximate surface area is 134 Å². The molecule has 0 saturated carbocycles. The van der Waals surface area contributed by atoms with Crippen molar-refractivity contribution in [2.24, 2.45) is 0 Å². The molecule has 0 bridgehead atoms. The van der Waals surface area contributed by atoms with Crippen LogP contribution in [0.25, 0.3) is 20.9 Å². The first kappa shape index (κ1) is 14.4. The molecular formula is C19H16N2S. The molecule has 0 unspecified atom stereocenters. The highest BCUT2D eigenvalue weighted by molar-refractivity contribution is 7.18. The van der Waals surface area contributed by atoms with E-state index in [1.807, 2.05) is 38.4 Å². The van der Waals surface area contributed by atoms with Crippen LogP contribution in [0.15, 0.2) is 60.7 Å². The zero-order valence-corrected chi connectivity index (χ0v) is 13.4. The Balaban J connectivity index is 1.88. The number of thiophene rings is 1. The smallest absolute Gasteiger partial charge is 0.0991 e. The van der Waals surface area contributed by atoms with Crippen molar-refractivity contribution in [2.75, 3.05) is 19.0 Å². The van der Waals surface area contributed by atoms with E-state index in [1.165, 1.54) is 21.0 Å². The van der Waals surface area contributed by atoms with E-state index >= 15 is 0 Å². The molecule has 0 fully saturated rings. The van der Waals surface area contributed by atoms with Crippen LogP contribution in [0, 0.1) is 11.3 Å². The van der Waals surface area contributed by atoms with Crippen molar-refractivity contribution in [1.82, 2.24) is 0 Å². The molecule has 0 saturated heterocycles. The molecule has 0 radical (unpaired) electrons. The van der Waals surface area contributed by atoms with E-state index in [2.05, 4.69) is 47.4 Å². The molecule has 3 aromatic rings. The Morgan fingerprint density at radius 3 is 1.73 bits per heavy atom. The van der Waals surface area contributed by atoms with Crippen LogP contribution in [0.3, 0.4) is 0 Å². The Kier molecular flexibility index (Phi) is 3.95. The van der Waals surface area contributed by atoms with Crippen molar-refractivity contribution >= 4 is 17.0 Å². The zero-order chi connectivity index (χ0) is 15.5. The highest BCUT2D eigenvalue weighted by Crippen LogP contribution is 2.35. The van der Waals surface area contributed by atoms with Gasteiger partial charge in [-0.15, -0.1) is 11.3 Å². The minimum Gasteiger partial charge on any atom is -0.378 e. The summed E-state index contributed by atoms with van der Waals surface area (Å²) in [7, 11) is 4.09. The lowest BCUT2D eigenvalue weighted by Gasteiger charge is -2.12. The molecule has 2 aromatic carbocycles. The fraction of sp³-hybridized carbons (Fsp3) is 0.105. The van der Waals surface area contributed by atoms with Gasteiger partial charge in [0.1, 0.15) is 0 Å². The van der Waals surface area contributed by atoms with Crippen LogP contribution in [0.2, 0.25) is 0 Å². The van der Waals surface area contributed by atoms with Crippen molar-refractivity contribution in [3.05, 3.63) is 66.2 Å². The maximum Gasteiger partial charge on any atom is 0.0991 e. The molecule has 3 heteroatoms. The summed E-state index contributed by atoms with van der Waals surface area (Å²) in [6.45, 7) is 0. The maximum absolute atomic E-state index is 8.86. The number of hydrogen-bond donors (Lipinski definition) is 0. The second-order valence-corrected chi connectivity index (χ2v) is 6.38. The van der Waals surface area contributed by atoms with Crippen molar-refractivity contribution < 1.29 is 0 Å². The standard InChI is InChI=1S/C19H16N2S/c1-21(2)17-9-7-16(8-10-17)19-12-11-18(22-19)15-5-3-14(13-20)4-6-15/h3-12H,1-2H3. The SMILES string of the molecule is CN(C)c1ccc(-c2ccc(-c3ccc(C#N)cc3)s2)cc1. The highest BCUT2D eigenvalue weighted by atomic mass is 32.1. The van der Waals surface area contributed by atoms with Crippen molar-refractivity contribution in [2.45, 2.75) is 0 Å². The molecule has 22 heavy (non-hydrogen) atoms. The minimum absolute atomic E-state index is 0.694. The first-order chi connectivity index (χ1) is 10.7. The second-order valence-electron chi connectivity index (χ2n) is 5.29. The third kappa shape index (κ3) is 2.88. The normalized spacial score (nSPS) is 10.2. The molecule has 0 aliphatic rings.